The molecule has 0 aromatic heterocycles. The molecular formula is C16H28OS. The van der Waals surface area contributed by atoms with Crippen LogP contribution in [0.15, 0.2) is 12.2 Å². The zero-order chi connectivity index (χ0) is 13.4. The van der Waals surface area contributed by atoms with Gasteiger partial charge < -0.3 is 0 Å². The van der Waals surface area contributed by atoms with Crippen LogP contribution in [0.5, 0.6) is 0 Å². The van der Waals surface area contributed by atoms with Crippen molar-refractivity contribution >= 4 is 16.9 Å². The predicted octanol–water partition coefficient (Wildman–Crippen LogP) is 5.50. The van der Waals surface area contributed by atoms with Gasteiger partial charge in [-0.3, -0.25) is 4.79 Å². The summed E-state index contributed by atoms with van der Waals surface area (Å²) >= 11 is 1.58. The topological polar surface area (TPSA) is 17.1 Å². The lowest BCUT2D eigenvalue weighted by Crippen LogP contribution is -2.26. The van der Waals surface area contributed by atoms with Crippen LogP contribution in [0.3, 0.4) is 0 Å². The molecule has 0 aliphatic heterocycles. The van der Waals surface area contributed by atoms with Crippen molar-refractivity contribution in [3.05, 3.63) is 12.2 Å². The molecule has 1 aliphatic carbocycles. The van der Waals surface area contributed by atoms with Crippen molar-refractivity contribution in [2.45, 2.75) is 82.8 Å². The van der Waals surface area contributed by atoms with E-state index < -0.39 is 0 Å². The molecule has 0 aromatic rings. The molecule has 1 saturated carbocycles. The molecule has 0 bridgehead atoms. The Morgan fingerprint density at radius 3 is 1.89 bits per heavy atom. The molecule has 0 amide bonds. The van der Waals surface area contributed by atoms with Crippen LogP contribution >= 0.6 is 11.8 Å². The first-order chi connectivity index (χ1) is 8.59. The maximum atomic E-state index is 12.0. The minimum absolute atomic E-state index is 0.188. The highest BCUT2D eigenvalue weighted by Crippen LogP contribution is 2.41. The van der Waals surface area contributed by atoms with Gasteiger partial charge in [-0.15, -0.1) is 0 Å². The number of thioether (sulfide) groups is 1. The molecule has 1 rings (SSSR count). The smallest absolute Gasteiger partial charge is 0.214 e. The highest BCUT2D eigenvalue weighted by molar-refractivity contribution is 8.15. The first-order valence-corrected chi connectivity index (χ1v) is 8.30. The van der Waals surface area contributed by atoms with Crippen LogP contribution < -0.4 is 0 Å². The number of hydrogen-bond donors (Lipinski definition) is 0. The fraction of sp³-hybridized carbons (Fsp3) is 0.812. The average molecular weight is 268 g/mol. The molecule has 0 aromatic carbocycles. The molecule has 0 spiro atoms. The summed E-state index contributed by atoms with van der Waals surface area (Å²) < 4.78 is 0.188. The number of carbonyl (C=O) groups excluding carboxylic acids is 1. The van der Waals surface area contributed by atoms with E-state index in [-0.39, 0.29) is 9.86 Å². The summed E-state index contributed by atoms with van der Waals surface area (Å²) in [6, 6.07) is 0. The van der Waals surface area contributed by atoms with E-state index in [9.17, 15) is 4.79 Å². The Morgan fingerprint density at radius 1 is 1.06 bits per heavy atom. The Morgan fingerprint density at radius 2 is 1.50 bits per heavy atom. The molecule has 0 radical (unpaired) electrons. The lowest BCUT2D eigenvalue weighted by atomic mass is 9.89. The van der Waals surface area contributed by atoms with Crippen molar-refractivity contribution in [2.75, 3.05) is 0 Å². The Balaban J connectivity index is 2.66. The van der Waals surface area contributed by atoms with Crippen LogP contribution in [0.4, 0.5) is 0 Å². The highest BCUT2D eigenvalue weighted by atomic mass is 32.2. The van der Waals surface area contributed by atoms with E-state index in [0.29, 0.717) is 5.57 Å². The summed E-state index contributed by atoms with van der Waals surface area (Å²) in [6.07, 6.45) is 12.9. The third-order valence-corrected chi connectivity index (χ3v) is 5.73. The number of rotatable bonds is 3. The van der Waals surface area contributed by atoms with Crippen molar-refractivity contribution in [2.24, 2.45) is 0 Å². The minimum atomic E-state index is 0.188. The summed E-state index contributed by atoms with van der Waals surface area (Å²) in [6.45, 7) is 7.86. The molecule has 0 heterocycles. The van der Waals surface area contributed by atoms with Crippen molar-refractivity contribution in [1.82, 2.24) is 0 Å². The van der Waals surface area contributed by atoms with Gasteiger partial charge in [-0.25, -0.2) is 0 Å². The average Bonchev–Trinajstić information content (AvgIpc) is 2.36. The molecular weight excluding hydrogens is 240 g/mol. The van der Waals surface area contributed by atoms with Gasteiger partial charge in [0.1, 0.15) is 0 Å². The lowest BCUT2D eigenvalue weighted by molar-refractivity contribution is -0.107. The van der Waals surface area contributed by atoms with Gasteiger partial charge >= 0.3 is 0 Å². The van der Waals surface area contributed by atoms with E-state index >= 15 is 0 Å². The van der Waals surface area contributed by atoms with Crippen molar-refractivity contribution in [3.8, 4) is 0 Å². The summed E-state index contributed by atoms with van der Waals surface area (Å²) in [7, 11) is 0. The van der Waals surface area contributed by atoms with Crippen LogP contribution in [0.25, 0.3) is 0 Å². The van der Waals surface area contributed by atoms with Gasteiger partial charge in [0, 0.05) is 4.75 Å². The first-order valence-electron chi connectivity index (χ1n) is 7.48. The quantitative estimate of drug-likeness (QED) is 0.629. The SMILES string of the molecule is C=C(C)C(=O)SC1(CC)CCCCCCCCC1. The number of carbonyl (C=O) groups is 1. The van der Waals surface area contributed by atoms with E-state index in [1.165, 1.54) is 57.8 Å². The maximum absolute atomic E-state index is 12.0. The fourth-order valence-electron chi connectivity index (χ4n) is 2.71. The standard InChI is InChI=1S/C16H28OS/c1-4-16(18-15(17)14(2)3)12-10-8-6-5-7-9-11-13-16/h2,4-13H2,1,3H3. The minimum Gasteiger partial charge on any atom is -0.282 e. The molecule has 2 heteroatoms. The van der Waals surface area contributed by atoms with Gasteiger partial charge in [0.25, 0.3) is 0 Å². The van der Waals surface area contributed by atoms with Gasteiger partial charge in [-0.2, -0.15) is 0 Å². The zero-order valence-electron chi connectivity index (χ0n) is 12.1. The molecule has 1 aliphatic rings. The van der Waals surface area contributed by atoms with Gasteiger partial charge in [-0.1, -0.05) is 70.2 Å². The van der Waals surface area contributed by atoms with Crippen LogP contribution in [0.1, 0.15) is 78.1 Å². The van der Waals surface area contributed by atoms with Crippen LogP contribution in [-0.4, -0.2) is 9.86 Å². The van der Waals surface area contributed by atoms with E-state index in [1.807, 2.05) is 6.92 Å². The molecule has 1 fully saturated rings. The summed E-state index contributed by atoms with van der Waals surface area (Å²) in [5, 5.41) is 0.203. The van der Waals surface area contributed by atoms with Crippen LogP contribution in [0, 0.1) is 0 Å². The second kappa shape index (κ2) is 8.04. The molecule has 18 heavy (non-hydrogen) atoms. The lowest BCUT2D eigenvalue weighted by Gasteiger charge is -2.32. The third-order valence-electron chi connectivity index (χ3n) is 4.07. The first kappa shape index (κ1) is 15.8. The highest BCUT2D eigenvalue weighted by Gasteiger charge is 2.31. The largest absolute Gasteiger partial charge is 0.282 e. The maximum Gasteiger partial charge on any atom is 0.214 e. The molecule has 0 unspecified atom stereocenters. The fourth-order valence-corrected chi connectivity index (χ4v) is 3.92. The van der Waals surface area contributed by atoms with Gasteiger partial charge in [0.15, 0.2) is 0 Å². The van der Waals surface area contributed by atoms with E-state index in [4.69, 9.17) is 0 Å². The Hall–Kier alpha value is -0.240. The monoisotopic (exact) mass is 268 g/mol. The Bertz CT molecular complexity index is 273. The van der Waals surface area contributed by atoms with E-state index in [2.05, 4.69) is 13.5 Å². The molecule has 0 saturated heterocycles. The Labute approximate surface area is 117 Å². The summed E-state index contributed by atoms with van der Waals surface area (Å²) in [5.41, 5.74) is 0.699. The van der Waals surface area contributed by atoms with Crippen molar-refractivity contribution in [3.63, 3.8) is 0 Å². The normalized spacial score (nSPS) is 21.2. The summed E-state index contributed by atoms with van der Waals surface area (Å²) in [4.78, 5) is 12.0. The van der Waals surface area contributed by atoms with E-state index in [0.717, 1.165) is 6.42 Å². The van der Waals surface area contributed by atoms with E-state index in [1.54, 1.807) is 11.8 Å². The van der Waals surface area contributed by atoms with Gasteiger partial charge in [-0.05, 0) is 31.8 Å². The molecule has 0 N–H and O–H groups in total. The van der Waals surface area contributed by atoms with Crippen LogP contribution in [-0.2, 0) is 4.79 Å². The molecule has 104 valence electrons. The number of hydrogen-bond acceptors (Lipinski definition) is 2. The van der Waals surface area contributed by atoms with Crippen molar-refractivity contribution < 1.29 is 4.79 Å². The third kappa shape index (κ3) is 5.17. The van der Waals surface area contributed by atoms with Crippen molar-refractivity contribution in [1.29, 1.82) is 0 Å². The van der Waals surface area contributed by atoms with Gasteiger partial charge in [0.2, 0.25) is 5.12 Å². The second-order valence-corrected chi connectivity index (χ2v) is 7.12. The summed E-state index contributed by atoms with van der Waals surface area (Å²) in [5.74, 6) is 0. The van der Waals surface area contributed by atoms with Gasteiger partial charge in [0.05, 0.1) is 0 Å². The molecule has 1 nitrogen and oxygen atoms in total. The second-order valence-electron chi connectivity index (χ2n) is 5.68. The zero-order valence-corrected chi connectivity index (χ0v) is 12.9. The van der Waals surface area contributed by atoms with Crippen LogP contribution in [0.2, 0.25) is 0 Å². The molecule has 0 atom stereocenters. The predicted molar refractivity (Wildman–Crippen MR) is 82.0 cm³/mol. The Kier molecular flexibility index (Phi) is 7.06.